The summed E-state index contributed by atoms with van der Waals surface area (Å²) in [4.78, 5) is 24.2. The highest BCUT2D eigenvalue weighted by atomic mass is 16.4. The molecule has 1 atom stereocenters. The molecule has 4 nitrogen and oxygen atoms in total. The van der Waals surface area contributed by atoms with Crippen molar-refractivity contribution < 1.29 is 14.7 Å². The summed E-state index contributed by atoms with van der Waals surface area (Å²) in [6, 6.07) is 8.64. The number of benzene rings is 1. The first kappa shape index (κ1) is 21.2. The highest BCUT2D eigenvalue weighted by Gasteiger charge is 2.35. The van der Waals surface area contributed by atoms with Crippen LogP contribution in [0.15, 0.2) is 64.8 Å². The zero-order chi connectivity index (χ0) is 22.0. The van der Waals surface area contributed by atoms with Gasteiger partial charge in [-0.3, -0.25) is 4.79 Å². The number of rotatable bonds is 7. The molecule has 31 heavy (non-hydrogen) atoms. The van der Waals surface area contributed by atoms with Gasteiger partial charge in [-0.1, -0.05) is 36.4 Å². The van der Waals surface area contributed by atoms with E-state index in [0.29, 0.717) is 12.3 Å². The van der Waals surface area contributed by atoms with E-state index in [-0.39, 0.29) is 23.7 Å². The number of fused-ring (bicyclic) bond motifs is 1. The van der Waals surface area contributed by atoms with Crippen LogP contribution in [0.1, 0.15) is 56.6 Å². The number of nitrogens with one attached hydrogen (secondary N) is 1. The van der Waals surface area contributed by atoms with Gasteiger partial charge in [0.05, 0.1) is 0 Å². The van der Waals surface area contributed by atoms with Crippen LogP contribution in [0.25, 0.3) is 5.57 Å². The van der Waals surface area contributed by atoms with Crippen LogP contribution in [0.3, 0.4) is 0 Å². The number of carbonyl (C=O) groups is 2. The van der Waals surface area contributed by atoms with Gasteiger partial charge in [0.2, 0.25) is 0 Å². The van der Waals surface area contributed by atoms with Gasteiger partial charge < -0.3 is 10.5 Å². The van der Waals surface area contributed by atoms with Gasteiger partial charge in [0.15, 0.2) is 5.78 Å². The Morgan fingerprint density at radius 2 is 1.94 bits per heavy atom. The van der Waals surface area contributed by atoms with Crippen molar-refractivity contribution in [2.45, 2.75) is 51.9 Å². The fraction of sp³-hybridized carbons (Fsp3) is 0.370. The third-order valence-electron chi connectivity index (χ3n) is 6.59. The third-order valence-corrected chi connectivity index (χ3v) is 6.59. The predicted molar refractivity (Wildman–Crippen MR) is 123 cm³/mol. The third kappa shape index (κ3) is 4.53. The molecule has 4 rings (SSSR count). The summed E-state index contributed by atoms with van der Waals surface area (Å²) in [6.45, 7) is 2.14. The maximum Gasteiger partial charge on any atom is 0.339 e. The molecule has 1 fully saturated rings. The molecule has 0 saturated heterocycles. The van der Waals surface area contributed by atoms with Gasteiger partial charge in [0.1, 0.15) is 5.57 Å². The van der Waals surface area contributed by atoms with Gasteiger partial charge in [-0.05, 0) is 97.1 Å². The van der Waals surface area contributed by atoms with Gasteiger partial charge in [-0.2, -0.15) is 0 Å². The molecule has 0 amide bonds. The average molecular weight is 416 g/mol. The van der Waals surface area contributed by atoms with Crippen molar-refractivity contribution >= 4 is 23.5 Å². The highest BCUT2D eigenvalue weighted by molar-refractivity contribution is 6.17. The Morgan fingerprint density at radius 3 is 2.58 bits per heavy atom. The summed E-state index contributed by atoms with van der Waals surface area (Å²) in [6.07, 6.45) is 13.3. The van der Waals surface area contributed by atoms with E-state index in [2.05, 4.69) is 43.3 Å². The van der Waals surface area contributed by atoms with Crippen LogP contribution in [-0.4, -0.2) is 23.1 Å². The lowest BCUT2D eigenvalue weighted by atomic mass is 9.75. The number of hydrogen-bond donors (Lipinski definition) is 2. The molecule has 3 aliphatic carbocycles. The van der Waals surface area contributed by atoms with E-state index < -0.39 is 5.97 Å². The molecule has 1 unspecified atom stereocenters. The van der Waals surface area contributed by atoms with Gasteiger partial charge in [-0.15, -0.1) is 0 Å². The zero-order valence-electron chi connectivity index (χ0n) is 18.0. The van der Waals surface area contributed by atoms with E-state index in [1.165, 1.54) is 28.5 Å². The fourth-order valence-electron chi connectivity index (χ4n) is 4.75. The first-order valence-corrected chi connectivity index (χ1v) is 11.2. The van der Waals surface area contributed by atoms with E-state index >= 15 is 0 Å². The number of aliphatic carboxylic acids is 1. The number of unbranched alkanes of at least 4 members (excludes halogenated alkanes) is 1. The average Bonchev–Trinajstić information content (AvgIpc) is 3.58. The minimum absolute atomic E-state index is 0.0639. The number of carbonyl (C=O) groups excluding carboxylic acids is 1. The van der Waals surface area contributed by atoms with Crippen LogP contribution in [0.5, 0.6) is 0 Å². The number of allylic oxidation sites excluding steroid dienone is 7. The van der Waals surface area contributed by atoms with E-state index in [1.54, 1.807) is 6.08 Å². The van der Waals surface area contributed by atoms with Crippen molar-refractivity contribution in [3.8, 4) is 0 Å². The van der Waals surface area contributed by atoms with Crippen LogP contribution in [0, 0.1) is 17.2 Å². The molecule has 1 aromatic rings. The summed E-state index contributed by atoms with van der Waals surface area (Å²) in [5, 5.41) is 16.8. The second-order valence-electron chi connectivity index (χ2n) is 8.77. The lowest BCUT2D eigenvalue weighted by Gasteiger charge is -2.29. The molecule has 4 heteroatoms. The normalized spacial score (nSPS) is 25.4. The summed E-state index contributed by atoms with van der Waals surface area (Å²) in [5.41, 5.74) is 7.02. The molecule has 2 N–H and O–H groups in total. The van der Waals surface area contributed by atoms with E-state index in [9.17, 15) is 14.7 Å². The molecule has 0 bridgehead atoms. The molecule has 1 saturated carbocycles. The monoisotopic (exact) mass is 415 g/mol. The second kappa shape index (κ2) is 9.01. The Morgan fingerprint density at radius 1 is 1.19 bits per heavy atom. The molecule has 0 radical (unpaired) electrons. The summed E-state index contributed by atoms with van der Waals surface area (Å²) in [7, 11) is 0. The number of ketones is 1. The van der Waals surface area contributed by atoms with Crippen molar-refractivity contribution in [1.29, 1.82) is 5.41 Å². The number of Topliss-reactive ketones (excluding diaryl/α,β-unsaturated/α-hetero) is 1. The SMILES string of the molecule is CC1=C(c2ccc(CCCC=N)cc2)C=CC2CCC(=O)/C(C(=O)O)=C\C(C3CC3)=C\12. The van der Waals surface area contributed by atoms with Crippen LogP contribution >= 0.6 is 0 Å². The Kier molecular flexibility index (Phi) is 6.17. The molecule has 160 valence electrons. The molecule has 0 aliphatic heterocycles. The molecular weight excluding hydrogens is 386 g/mol. The van der Waals surface area contributed by atoms with Gasteiger partial charge >= 0.3 is 5.97 Å². The first-order chi connectivity index (χ1) is 15.0. The molecule has 0 heterocycles. The standard InChI is InChI=1S/C27H29NO3/c1-17-22(19-7-5-18(6-8-19)4-2-3-15-28)13-11-21-12-14-25(29)24(27(30)31)16-23(26(17)21)20-9-10-20/h5-8,11,13,15-16,20-21,28H,2-4,9-10,12,14H2,1H3,(H,30,31)/b24-16+,26-23+,28-15?. The Balaban J connectivity index is 1.75. The van der Waals surface area contributed by atoms with E-state index in [4.69, 9.17) is 5.41 Å². The van der Waals surface area contributed by atoms with Gasteiger partial charge in [0.25, 0.3) is 0 Å². The van der Waals surface area contributed by atoms with Crippen molar-refractivity contribution in [2.75, 3.05) is 0 Å². The summed E-state index contributed by atoms with van der Waals surface area (Å²) >= 11 is 0. The number of aryl methyl sites for hydroxylation is 1. The molecule has 3 aliphatic rings. The Hall–Kier alpha value is -3.01. The van der Waals surface area contributed by atoms with Crippen LogP contribution < -0.4 is 0 Å². The van der Waals surface area contributed by atoms with Crippen LogP contribution in [0.4, 0.5) is 0 Å². The molecule has 0 aromatic heterocycles. The quantitative estimate of drug-likeness (QED) is 0.341. The number of carboxylic acid groups (broad SMARTS) is 1. The van der Waals surface area contributed by atoms with Gasteiger partial charge in [-0.25, -0.2) is 4.79 Å². The number of hydrogen-bond acceptors (Lipinski definition) is 3. The van der Waals surface area contributed by atoms with Crippen molar-refractivity contribution in [2.24, 2.45) is 11.8 Å². The Bertz CT molecular complexity index is 1030. The predicted octanol–water partition coefficient (Wildman–Crippen LogP) is 5.70. The number of carboxylic acids is 1. The molecule has 0 spiro atoms. The fourth-order valence-corrected chi connectivity index (χ4v) is 4.75. The van der Waals surface area contributed by atoms with Crippen LogP contribution in [-0.2, 0) is 16.0 Å². The van der Waals surface area contributed by atoms with Crippen molar-refractivity contribution in [3.63, 3.8) is 0 Å². The first-order valence-electron chi connectivity index (χ1n) is 11.2. The Labute approximate surface area is 183 Å². The van der Waals surface area contributed by atoms with E-state index in [1.807, 2.05) is 0 Å². The minimum Gasteiger partial charge on any atom is -0.478 e. The zero-order valence-corrected chi connectivity index (χ0v) is 18.0. The van der Waals surface area contributed by atoms with Gasteiger partial charge in [0, 0.05) is 12.3 Å². The summed E-state index contributed by atoms with van der Waals surface area (Å²) < 4.78 is 0. The van der Waals surface area contributed by atoms with Crippen molar-refractivity contribution in [3.05, 3.63) is 75.9 Å². The topological polar surface area (TPSA) is 78.2 Å². The lowest BCUT2D eigenvalue weighted by Crippen LogP contribution is -2.20. The molecule has 1 aromatic carbocycles. The second-order valence-corrected chi connectivity index (χ2v) is 8.77. The molecular formula is C27H29NO3. The highest BCUT2D eigenvalue weighted by Crippen LogP contribution is 2.47. The van der Waals surface area contributed by atoms with E-state index in [0.717, 1.165) is 43.2 Å². The summed E-state index contributed by atoms with van der Waals surface area (Å²) in [5.74, 6) is -0.856. The largest absolute Gasteiger partial charge is 0.478 e. The lowest BCUT2D eigenvalue weighted by molar-refractivity contribution is -0.134. The smallest absolute Gasteiger partial charge is 0.339 e. The van der Waals surface area contributed by atoms with Crippen molar-refractivity contribution in [1.82, 2.24) is 0 Å². The minimum atomic E-state index is -1.12. The maximum absolute atomic E-state index is 12.4. The maximum atomic E-state index is 12.4. The van der Waals surface area contributed by atoms with Crippen LogP contribution in [0.2, 0.25) is 0 Å².